The molecule has 1 fully saturated rings. The van der Waals surface area contributed by atoms with Crippen molar-refractivity contribution in [3.63, 3.8) is 0 Å². The Morgan fingerprint density at radius 1 is 1.00 bits per heavy atom. The van der Waals surface area contributed by atoms with Crippen LogP contribution >= 0.6 is 0 Å². The van der Waals surface area contributed by atoms with E-state index in [9.17, 15) is 9.59 Å². The lowest BCUT2D eigenvalue weighted by Gasteiger charge is -2.34. The zero-order valence-electron chi connectivity index (χ0n) is 16.8. The monoisotopic (exact) mass is 398 g/mol. The predicted molar refractivity (Wildman–Crippen MR) is 111 cm³/mol. The lowest BCUT2D eigenvalue weighted by molar-refractivity contribution is 0.188. The van der Waals surface area contributed by atoms with Crippen LogP contribution in [-0.4, -0.2) is 68.0 Å². The summed E-state index contributed by atoms with van der Waals surface area (Å²) in [5.41, 5.74) is 1.03. The Morgan fingerprint density at radius 3 is 2.34 bits per heavy atom. The summed E-state index contributed by atoms with van der Waals surface area (Å²) >= 11 is 0. The van der Waals surface area contributed by atoms with Gasteiger partial charge in [0.2, 0.25) is 5.95 Å². The number of piperazine rings is 1. The van der Waals surface area contributed by atoms with E-state index < -0.39 is 0 Å². The zero-order valence-corrected chi connectivity index (χ0v) is 16.8. The van der Waals surface area contributed by atoms with E-state index in [1.807, 2.05) is 37.4 Å². The van der Waals surface area contributed by atoms with Crippen molar-refractivity contribution in [1.82, 2.24) is 23.6 Å². The second-order valence-corrected chi connectivity index (χ2v) is 7.41. The highest BCUT2D eigenvalue weighted by atomic mass is 16.3. The van der Waals surface area contributed by atoms with Gasteiger partial charge in [-0.05, 0) is 5.56 Å². The molecule has 1 aliphatic rings. The van der Waals surface area contributed by atoms with Gasteiger partial charge in [-0.3, -0.25) is 18.8 Å². The number of rotatable bonds is 5. The number of aliphatic hydroxyl groups is 1. The Balaban J connectivity index is 1.74. The van der Waals surface area contributed by atoms with Crippen molar-refractivity contribution in [3.05, 3.63) is 56.7 Å². The maximum atomic E-state index is 13.2. The molecule has 1 N–H and O–H groups in total. The molecule has 2 aromatic heterocycles. The third-order valence-corrected chi connectivity index (χ3v) is 5.59. The highest BCUT2D eigenvalue weighted by Crippen LogP contribution is 2.19. The molecular weight excluding hydrogens is 372 g/mol. The number of aryl methyl sites for hydroxylation is 2. The van der Waals surface area contributed by atoms with E-state index in [1.165, 1.54) is 9.13 Å². The van der Waals surface area contributed by atoms with Gasteiger partial charge < -0.3 is 14.6 Å². The molecule has 0 aliphatic carbocycles. The number of β-amino-alcohol motifs (C(OH)–C–C–N with tert-alkyl or cyclic N) is 1. The topological polar surface area (TPSA) is 88.5 Å². The molecule has 0 saturated carbocycles. The maximum absolute atomic E-state index is 13.2. The van der Waals surface area contributed by atoms with Gasteiger partial charge in [-0.25, -0.2) is 4.79 Å². The smallest absolute Gasteiger partial charge is 0.332 e. The minimum atomic E-state index is -0.372. The fourth-order valence-corrected chi connectivity index (χ4v) is 3.93. The summed E-state index contributed by atoms with van der Waals surface area (Å²) in [6.45, 7) is 4.18. The van der Waals surface area contributed by atoms with Gasteiger partial charge in [0, 0.05) is 46.8 Å². The maximum Gasteiger partial charge on any atom is 0.332 e. The first-order valence-corrected chi connectivity index (χ1v) is 9.79. The van der Waals surface area contributed by atoms with Crippen LogP contribution in [0.3, 0.4) is 0 Å². The standard InChI is InChI=1S/C20H26N6O3/c1-22-16-17(21-19(22)25-10-8-24(9-11-25)12-13-27)23(2)20(29)26(18(16)28)14-15-6-4-3-5-7-15/h3-7,27H,8-14H2,1-2H3. The molecule has 1 aliphatic heterocycles. The zero-order chi connectivity index (χ0) is 20.5. The number of imidazole rings is 1. The molecule has 29 heavy (non-hydrogen) atoms. The second-order valence-electron chi connectivity index (χ2n) is 7.41. The van der Waals surface area contributed by atoms with Crippen molar-refractivity contribution in [2.24, 2.45) is 14.1 Å². The van der Waals surface area contributed by atoms with Crippen LogP contribution in [0, 0.1) is 0 Å². The van der Waals surface area contributed by atoms with Gasteiger partial charge in [-0.15, -0.1) is 0 Å². The number of anilines is 1. The molecule has 0 radical (unpaired) electrons. The molecule has 1 saturated heterocycles. The molecule has 4 rings (SSSR count). The molecule has 9 nitrogen and oxygen atoms in total. The SMILES string of the molecule is Cn1c(N2CCN(CCO)CC2)nc2c1c(=O)n(Cc1ccccc1)c(=O)n2C. The minimum absolute atomic E-state index is 0.148. The summed E-state index contributed by atoms with van der Waals surface area (Å²) in [6.07, 6.45) is 0. The van der Waals surface area contributed by atoms with Crippen molar-refractivity contribution in [2.45, 2.75) is 6.54 Å². The van der Waals surface area contributed by atoms with Gasteiger partial charge in [-0.2, -0.15) is 4.98 Å². The summed E-state index contributed by atoms with van der Waals surface area (Å²) in [5.74, 6) is 0.688. The number of aliphatic hydroxyl groups excluding tert-OH is 1. The third kappa shape index (κ3) is 3.47. The van der Waals surface area contributed by atoms with Crippen LogP contribution in [0.2, 0.25) is 0 Å². The number of nitrogens with zero attached hydrogens (tertiary/aromatic N) is 6. The molecule has 154 valence electrons. The average molecular weight is 398 g/mol. The van der Waals surface area contributed by atoms with Crippen molar-refractivity contribution in [2.75, 3.05) is 44.2 Å². The van der Waals surface area contributed by atoms with Gasteiger partial charge in [0.1, 0.15) is 0 Å². The van der Waals surface area contributed by atoms with Crippen LogP contribution in [0.5, 0.6) is 0 Å². The summed E-state index contributed by atoms with van der Waals surface area (Å²) in [6, 6.07) is 9.48. The number of hydrogen-bond donors (Lipinski definition) is 1. The molecule has 0 bridgehead atoms. The average Bonchev–Trinajstić information content (AvgIpc) is 3.09. The van der Waals surface area contributed by atoms with Gasteiger partial charge in [-0.1, -0.05) is 30.3 Å². The van der Waals surface area contributed by atoms with Crippen LogP contribution in [0.1, 0.15) is 5.56 Å². The summed E-state index contributed by atoms with van der Waals surface area (Å²) < 4.78 is 4.51. The van der Waals surface area contributed by atoms with E-state index in [0.29, 0.717) is 23.7 Å². The number of aromatic nitrogens is 4. The van der Waals surface area contributed by atoms with Crippen LogP contribution in [0.25, 0.3) is 11.2 Å². The summed E-state index contributed by atoms with van der Waals surface area (Å²) in [5, 5.41) is 9.12. The lowest BCUT2D eigenvalue weighted by Crippen LogP contribution is -2.48. The number of benzene rings is 1. The molecular formula is C20H26N6O3. The van der Waals surface area contributed by atoms with Crippen molar-refractivity contribution >= 4 is 17.1 Å². The van der Waals surface area contributed by atoms with Gasteiger partial charge in [0.05, 0.1) is 13.2 Å². The Bertz CT molecular complexity index is 1120. The van der Waals surface area contributed by atoms with Crippen LogP contribution in [0.15, 0.2) is 39.9 Å². The number of fused-ring (bicyclic) bond motifs is 1. The lowest BCUT2D eigenvalue weighted by atomic mass is 10.2. The van der Waals surface area contributed by atoms with Crippen molar-refractivity contribution in [1.29, 1.82) is 0 Å². The Hall–Kier alpha value is -2.91. The Morgan fingerprint density at radius 2 is 1.69 bits per heavy atom. The first-order chi connectivity index (χ1) is 14.0. The summed E-state index contributed by atoms with van der Waals surface area (Å²) in [4.78, 5) is 35.0. The second kappa shape index (κ2) is 7.84. The van der Waals surface area contributed by atoms with Crippen LogP contribution in [0.4, 0.5) is 5.95 Å². The summed E-state index contributed by atoms with van der Waals surface area (Å²) in [7, 11) is 3.48. The normalized spacial score (nSPS) is 15.3. The predicted octanol–water partition coefficient (Wildman–Crippen LogP) is -0.404. The molecule has 1 aromatic carbocycles. The van der Waals surface area contributed by atoms with Crippen molar-refractivity contribution < 1.29 is 5.11 Å². The van der Waals surface area contributed by atoms with Gasteiger partial charge in [0.25, 0.3) is 5.56 Å². The van der Waals surface area contributed by atoms with E-state index in [2.05, 4.69) is 14.8 Å². The van der Waals surface area contributed by atoms with E-state index in [4.69, 9.17) is 5.11 Å². The first-order valence-electron chi connectivity index (χ1n) is 9.79. The third-order valence-electron chi connectivity index (χ3n) is 5.59. The quantitative estimate of drug-likeness (QED) is 0.629. The van der Waals surface area contributed by atoms with E-state index >= 15 is 0 Å². The van der Waals surface area contributed by atoms with E-state index in [0.717, 1.165) is 31.7 Å². The Labute approximate surface area is 168 Å². The fourth-order valence-electron chi connectivity index (χ4n) is 3.93. The molecule has 3 aromatic rings. The van der Waals surface area contributed by atoms with Gasteiger partial charge in [0.15, 0.2) is 11.2 Å². The molecule has 3 heterocycles. The fraction of sp³-hybridized carbons (Fsp3) is 0.450. The minimum Gasteiger partial charge on any atom is -0.395 e. The van der Waals surface area contributed by atoms with Crippen molar-refractivity contribution in [3.8, 4) is 0 Å². The van der Waals surface area contributed by atoms with Gasteiger partial charge >= 0.3 is 5.69 Å². The first kappa shape index (κ1) is 19.4. The highest BCUT2D eigenvalue weighted by molar-refractivity contribution is 5.74. The molecule has 0 unspecified atom stereocenters. The van der Waals surface area contributed by atoms with E-state index in [1.54, 1.807) is 11.6 Å². The Kier molecular flexibility index (Phi) is 5.25. The molecule has 0 atom stereocenters. The number of hydrogen-bond acceptors (Lipinski definition) is 6. The molecule has 0 spiro atoms. The van der Waals surface area contributed by atoms with Crippen LogP contribution < -0.4 is 16.1 Å². The molecule has 0 amide bonds. The largest absolute Gasteiger partial charge is 0.395 e. The highest BCUT2D eigenvalue weighted by Gasteiger charge is 2.24. The molecule has 9 heteroatoms. The van der Waals surface area contributed by atoms with E-state index in [-0.39, 0.29) is 24.4 Å². The van der Waals surface area contributed by atoms with Crippen LogP contribution in [-0.2, 0) is 20.6 Å².